The third-order valence-electron chi connectivity index (χ3n) is 2.62. The van der Waals surface area contributed by atoms with Crippen molar-refractivity contribution >= 4 is 9.84 Å². The summed E-state index contributed by atoms with van der Waals surface area (Å²) in [6.45, 7) is 3.49. The lowest BCUT2D eigenvalue weighted by Gasteiger charge is -2.21. The normalized spacial score (nSPS) is 15.8. The number of nitrogens with one attached hydrogen (secondary N) is 1. The lowest BCUT2D eigenvalue weighted by Crippen LogP contribution is -2.38. The summed E-state index contributed by atoms with van der Waals surface area (Å²) >= 11 is 0. The first-order valence-electron chi connectivity index (χ1n) is 4.94. The Morgan fingerprint density at radius 3 is 2.44 bits per heavy atom. The van der Waals surface area contributed by atoms with Gasteiger partial charge in [0.25, 0.3) is 0 Å². The Hall–Kier alpha value is -0.980. The average molecular weight is 243 g/mol. The highest BCUT2D eigenvalue weighted by Gasteiger charge is 2.26. The van der Waals surface area contributed by atoms with Gasteiger partial charge >= 0.3 is 0 Å². The van der Waals surface area contributed by atoms with Gasteiger partial charge in [-0.15, -0.1) is 0 Å². The number of hydrogen-bond acceptors (Lipinski definition) is 5. The van der Waals surface area contributed by atoms with Crippen LogP contribution in [0.2, 0.25) is 0 Å². The number of hydrogen-bond donors (Lipinski definition) is 2. The highest BCUT2D eigenvalue weighted by Crippen LogP contribution is 2.20. The zero-order valence-electron chi connectivity index (χ0n) is 9.64. The van der Waals surface area contributed by atoms with E-state index in [1.807, 2.05) is 19.1 Å². The quantitative estimate of drug-likeness (QED) is 0.588. The van der Waals surface area contributed by atoms with E-state index >= 15 is 0 Å². The molecule has 2 atom stereocenters. The van der Waals surface area contributed by atoms with Crippen molar-refractivity contribution in [1.82, 2.24) is 10.4 Å². The van der Waals surface area contributed by atoms with Crippen molar-refractivity contribution < 1.29 is 8.42 Å². The van der Waals surface area contributed by atoms with Gasteiger partial charge in [-0.05, 0) is 25.5 Å². The van der Waals surface area contributed by atoms with Crippen molar-refractivity contribution in [2.75, 3.05) is 6.26 Å². The molecule has 5 nitrogen and oxygen atoms in total. The Balaban J connectivity index is 3.03. The summed E-state index contributed by atoms with van der Waals surface area (Å²) in [4.78, 5) is 4.12. The van der Waals surface area contributed by atoms with E-state index in [9.17, 15) is 8.42 Å². The molecule has 0 aromatic carbocycles. The van der Waals surface area contributed by atoms with Crippen molar-refractivity contribution in [2.24, 2.45) is 5.84 Å². The van der Waals surface area contributed by atoms with Crippen LogP contribution in [0.4, 0.5) is 0 Å². The summed E-state index contributed by atoms with van der Waals surface area (Å²) < 4.78 is 22.9. The van der Waals surface area contributed by atoms with Crippen molar-refractivity contribution in [3.63, 3.8) is 0 Å². The standard InChI is InChI=1S/C10H17N3O2S/c1-7-4-5-9(6-12-7)10(13-11)8(2)16(3,14)15/h4-6,8,10,13H,11H2,1-3H3. The third kappa shape index (κ3) is 3.01. The second-order valence-corrected chi connectivity index (χ2v) is 6.31. The van der Waals surface area contributed by atoms with Crippen LogP contribution in [0.25, 0.3) is 0 Å². The Bertz CT molecular complexity index is 442. The second-order valence-electron chi connectivity index (χ2n) is 3.91. The van der Waals surface area contributed by atoms with Crippen LogP contribution in [0.5, 0.6) is 0 Å². The van der Waals surface area contributed by atoms with Gasteiger partial charge in [-0.25, -0.2) is 8.42 Å². The molecule has 0 radical (unpaired) electrons. The number of hydrazine groups is 1. The van der Waals surface area contributed by atoms with E-state index in [2.05, 4.69) is 10.4 Å². The number of sulfone groups is 1. The van der Waals surface area contributed by atoms with Crippen LogP contribution in [-0.2, 0) is 9.84 Å². The molecule has 1 rings (SSSR count). The zero-order chi connectivity index (χ0) is 12.3. The zero-order valence-corrected chi connectivity index (χ0v) is 10.5. The Labute approximate surface area is 96.0 Å². The number of nitrogens with two attached hydrogens (primary N) is 1. The summed E-state index contributed by atoms with van der Waals surface area (Å²) in [5, 5.41) is -0.595. The first-order valence-corrected chi connectivity index (χ1v) is 6.89. The van der Waals surface area contributed by atoms with Crippen molar-refractivity contribution in [1.29, 1.82) is 0 Å². The van der Waals surface area contributed by atoms with E-state index in [0.717, 1.165) is 11.3 Å². The summed E-state index contributed by atoms with van der Waals surface area (Å²) in [6.07, 6.45) is 2.84. The summed E-state index contributed by atoms with van der Waals surface area (Å²) in [5.74, 6) is 5.40. The predicted octanol–water partition coefficient (Wildman–Crippen LogP) is 0.328. The fourth-order valence-electron chi connectivity index (χ4n) is 1.41. The van der Waals surface area contributed by atoms with Crippen LogP contribution in [0, 0.1) is 6.92 Å². The molecule has 3 N–H and O–H groups in total. The number of aromatic nitrogens is 1. The molecule has 0 amide bonds. The summed E-state index contributed by atoms with van der Waals surface area (Å²) in [6, 6.07) is 3.21. The van der Waals surface area contributed by atoms with Gasteiger partial charge in [-0.2, -0.15) is 0 Å². The molecule has 0 aliphatic rings. The van der Waals surface area contributed by atoms with Crippen LogP contribution < -0.4 is 11.3 Å². The molecule has 0 aliphatic carbocycles. The molecule has 6 heteroatoms. The maximum Gasteiger partial charge on any atom is 0.151 e. The van der Waals surface area contributed by atoms with Gasteiger partial charge in [0.15, 0.2) is 9.84 Å². The fourth-order valence-corrected chi connectivity index (χ4v) is 2.14. The third-order valence-corrected chi connectivity index (χ3v) is 4.24. The van der Waals surface area contributed by atoms with E-state index in [-0.39, 0.29) is 0 Å². The average Bonchev–Trinajstić information content (AvgIpc) is 2.20. The Morgan fingerprint density at radius 1 is 1.44 bits per heavy atom. The SMILES string of the molecule is Cc1ccc(C(NN)C(C)S(C)(=O)=O)cn1. The van der Waals surface area contributed by atoms with E-state index in [0.29, 0.717) is 0 Å². The second kappa shape index (κ2) is 4.90. The van der Waals surface area contributed by atoms with E-state index in [1.165, 1.54) is 6.26 Å². The van der Waals surface area contributed by atoms with Crippen LogP contribution >= 0.6 is 0 Å². The minimum Gasteiger partial charge on any atom is -0.271 e. The van der Waals surface area contributed by atoms with Gasteiger partial charge in [0, 0.05) is 18.1 Å². The minimum atomic E-state index is -3.14. The topological polar surface area (TPSA) is 85.1 Å². The molecule has 2 unspecified atom stereocenters. The number of aryl methyl sites for hydroxylation is 1. The molecule has 1 aromatic heterocycles. The molecule has 16 heavy (non-hydrogen) atoms. The fraction of sp³-hybridized carbons (Fsp3) is 0.500. The van der Waals surface area contributed by atoms with Crippen LogP contribution in [0.3, 0.4) is 0 Å². The molecule has 90 valence electrons. The molecule has 0 fully saturated rings. The molecular weight excluding hydrogens is 226 g/mol. The van der Waals surface area contributed by atoms with Crippen LogP contribution in [0.15, 0.2) is 18.3 Å². The summed E-state index contributed by atoms with van der Waals surface area (Å²) in [7, 11) is -3.14. The largest absolute Gasteiger partial charge is 0.271 e. The molecule has 0 spiro atoms. The Morgan fingerprint density at radius 2 is 2.06 bits per heavy atom. The van der Waals surface area contributed by atoms with Gasteiger partial charge in [-0.1, -0.05) is 6.07 Å². The van der Waals surface area contributed by atoms with Crippen molar-refractivity contribution in [2.45, 2.75) is 25.1 Å². The van der Waals surface area contributed by atoms with Crippen molar-refractivity contribution in [3.05, 3.63) is 29.6 Å². The van der Waals surface area contributed by atoms with E-state index < -0.39 is 21.1 Å². The first kappa shape index (κ1) is 13.1. The summed E-state index contributed by atoms with van der Waals surface area (Å²) in [5.41, 5.74) is 4.18. The minimum absolute atomic E-state index is 0.442. The highest BCUT2D eigenvalue weighted by atomic mass is 32.2. The van der Waals surface area contributed by atoms with Gasteiger partial charge in [0.05, 0.1) is 11.3 Å². The maximum atomic E-state index is 11.5. The smallest absolute Gasteiger partial charge is 0.151 e. The lowest BCUT2D eigenvalue weighted by atomic mass is 10.1. The number of nitrogens with zero attached hydrogens (tertiary/aromatic N) is 1. The van der Waals surface area contributed by atoms with E-state index in [4.69, 9.17) is 5.84 Å². The molecule has 0 saturated heterocycles. The van der Waals surface area contributed by atoms with Crippen molar-refractivity contribution in [3.8, 4) is 0 Å². The monoisotopic (exact) mass is 243 g/mol. The molecule has 0 saturated carbocycles. The molecule has 0 aliphatic heterocycles. The van der Waals surface area contributed by atoms with Gasteiger partial charge in [-0.3, -0.25) is 16.3 Å². The van der Waals surface area contributed by atoms with Gasteiger partial charge < -0.3 is 0 Å². The highest BCUT2D eigenvalue weighted by molar-refractivity contribution is 7.91. The van der Waals surface area contributed by atoms with Gasteiger partial charge in [0.1, 0.15) is 0 Å². The number of rotatable bonds is 4. The van der Waals surface area contributed by atoms with Crippen LogP contribution in [0.1, 0.15) is 24.2 Å². The molecule has 1 aromatic rings. The van der Waals surface area contributed by atoms with Gasteiger partial charge in [0.2, 0.25) is 0 Å². The maximum absolute atomic E-state index is 11.5. The molecular formula is C10H17N3O2S. The molecule has 1 heterocycles. The number of pyridine rings is 1. The first-order chi connectivity index (χ1) is 7.36. The Kier molecular flexibility index (Phi) is 4.01. The lowest BCUT2D eigenvalue weighted by molar-refractivity contribution is 0.512. The van der Waals surface area contributed by atoms with E-state index in [1.54, 1.807) is 13.1 Å². The predicted molar refractivity (Wildman–Crippen MR) is 63.3 cm³/mol. The molecule has 0 bridgehead atoms. The van der Waals surface area contributed by atoms with Crippen LogP contribution in [-0.4, -0.2) is 24.9 Å².